The smallest absolute Gasteiger partial charge is 0.0349 e. The number of rotatable bonds is 8. The van der Waals surface area contributed by atoms with Crippen LogP contribution in [0.5, 0.6) is 0 Å². The maximum absolute atomic E-state index is 6.08. The molecule has 3 rings (SSSR count). The predicted molar refractivity (Wildman–Crippen MR) is 118 cm³/mol. The Balaban J connectivity index is 0.00000169. The zero-order valence-corrected chi connectivity index (χ0v) is 17.1. The van der Waals surface area contributed by atoms with Crippen LogP contribution in [0.15, 0.2) is 48.5 Å². The fraction of sp³-hybridized carbons (Fsp3) is 0.455. The van der Waals surface area contributed by atoms with Crippen LogP contribution in [-0.2, 0) is 19.3 Å². The van der Waals surface area contributed by atoms with Gasteiger partial charge in [0.15, 0.2) is 0 Å². The van der Waals surface area contributed by atoms with Crippen LogP contribution < -0.4 is 11.1 Å². The molecule has 0 bridgehead atoms. The molecule has 1 atom stereocenters. The SMILES string of the molecule is Cl.Cl.Nc1cccc2c1CCC(NCCCCCCc1ccccc1)C2. The lowest BCUT2D eigenvalue weighted by Gasteiger charge is -2.26. The summed E-state index contributed by atoms with van der Waals surface area (Å²) < 4.78 is 0. The molecule has 1 aliphatic carbocycles. The number of nitrogen functional groups attached to an aromatic ring is 1. The molecule has 0 saturated carbocycles. The van der Waals surface area contributed by atoms with Crippen molar-refractivity contribution in [2.45, 2.75) is 57.4 Å². The number of nitrogens with two attached hydrogens (primary N) is 1. The fourth-order valence-electron chi connectivity index (χ4n) is 3.77. The molecule has 1 aliphatic rings. The minimum Gasteiger partial charge on any atom is -0.398 e. The summed E-state index contributed by atoms with van der Waals surface area (Å²) in [5, 5.41) is 3.75. The minimum atomic E-state index is 0. The zero-order chi connectivity index (χ0) is 16.6. The highest BCUT2D eigenvalue weighted by atomic mass is 35.5. The monoisotopic (exact) mass is 394 g/mol. The van der Waals surface area contributed by atoms with Crippen molar-refractivity contribution < 1.29 is 0 Å². The first-order valence-electron chi connectivity index (χ1n) is 9.46. The zero-order valence-electron chi connectivity index (χ0n) is 15.5. The van der Waals surface area contributed by atoms with Gasteiger partial charge >= 0.3 is 0 Å². The van der Waals surface area contributed by atoms with Gasteiger partial charge in [-0.25, -0.2) is 0 Å². The van der Waals surface area contributed by atoms with Crippen molar-refractivity contribution in [3.05, 3.63) is 65.2 Å². The molecule has 26 heavy (non-hydrogen) atoms. The van der Waals surface area contributed by atoms with Crippen molar-refractivity contribution in [1.82, 2.24) is 5.32 Å². The number of benzene rings is 2. The first-order chi connectivity index (χ1) is 11.8. The minimum absolute atomic E-state index is 0. The second-order valence-corrected chi connectivity index (χ2v) is 7.03. The van der Waals surface area contributed by atoms with E-state index in [0.29, 0.717) is 6.04 Å². The number of hydrogen-bond acceptors (Lipinski definition) is 2. The van der Waals surface area contributed by atoms with Crippen LogP contribution in [-0.4, -0.2) is 12.6 Å². The third kappa shape index (κ3) is 6.83. The van der Waals surface area contributed by atoms with E-state index >= 15 is 0 Å². The van der Waals surface area contributed by atoms with E-state index in [-0.39, 0.29) is 24.8 Å². The van der Waals surface area contributed by atoms with Crippen LogP contribution in [0.4, 0.5) is 5.69 Å². The highest BCUT2D eigenvalue weighted by Crippen LogP contribution is 2.26. The van der Waals surface area contributed by atoms with E-state index in [4.69, 9.17) is 5.73 Å². The molecule has 0 saturated heterocycles. The Hall–Kier alpha value is -1.22. The second kappa shape index (κ2) is 12.2. The number of unbranched alkanes of at least 4 members (excludes halogenated alkanes) is 3. The molecule has 0 amide bonds. The molecular formula is C22H32Cl2N2. The van der Waals surface area contributed by atoms with Gasteiger partial charge in [-0.3, -0.25) is 0 Å². The summed E-state index contributed by atoms with van der Waals surface area (Å²) in [7, 11) is 0. The molecule has 4 heteroatoms. The number of nitrogens with one attached hydrogen (secondary N) is 1. The van der Waals surface area contributed by atoms with Gasteiger partial charge in [-0.05, 0) is 67.8 Å². The molecule has 0 fully saturated rings. The summed E-state index contributed by atoms with van der Waals surface area (Å²) >= 11 is 0. The van der Waals surface area contributed by atoms with Gasteiger partial charge in [0.05, 0.1) is 0 Å². The van der Waals surface area contributed by atoms with Crippen LogP contribution in [0.1, 0.15) is 48.8 Å². The van der Waals surface area contributed by atoms with Gasteiger partial charge in [0.25, 0.3) is 0 Å². The van der Waals surface area contributed by atoms with Crippen LogP contribution in [0, 0.1) is 0 Å². The van der Waals surface area contributed by atoms with Crippen molar-refractivity contribution in [2.75, 3.05) is 12.3 Å². The van der Waals surface area contributed by atoms with Gasteiger partial charge in [0, 0.05) is 11.7 Å². The predicted octanol–water partition coefficient (Wildman–Crippen LogP) is 5.36. The summed E-state index contributed by atoms with van der Waals surface area (Å²) in [4.78, 5) is 0. The van der Waals surface area contributed by atoms with Crippen LogP contribution in [0.3, 0.4) is 0 Å². The lowest BCUT2D eigenvalue weighted by atomic mass is 9.87. The summed E-state index contributed by atoms with van der Waals surface area (Å²) in [5.41, 5.74) is 11.4. The normalized spacial score (nSPS) is 15.5. The van der Waals surface area contributed by atoms with Crippen molar-refractivity contribution >= 4 is 30.5 Å². The molecular weight excluding hydrogens is 363 g/mol. The lowest BCUT2D eigenvalue weighted by molar-refractivity contribution is 0.448. The average molecular weight is 395 g/mol. The number of aryl methyl sites for hydroxylation is 1. The first kappa shape index (κ1) is 22.8. The highest BCUT2D eigenvalue weighted by Gasteiger charge is 2.19. The van der Waals surface area contributed by atoms with E-state index in [1.54, 1.807) is 0 Å². The fourth-order valence-corrected chi connectivity index (χ4v) is 3.77. The lowest BCUT2D eigenvalue weighted by Crippen LogP contribution is -2.35. The average Bonchev–Trinajstić information content (AvgIpc) is 2.62. The van der Waals surface area contributed by atoms with Gasteiger partial charge in [0.1, 0.15) is 0 Å². The second-order valence-electron chi connectivity index (χ2n) is 7.03. The molecule has 144 valence electrons. The Morgan fingerprint density at radius 1 is 0.885 bits per heavy atom. The molecule has 2 nitrogen and oxygen atoms in total. The van der Waals surface area contributed by atoms with Gasteiger partial charge in [-0.2, -0.15) is 0 Å². The summed E-state index contributed by atoms with van der Waals surface area (Å²) in [6.07, 6.45) is 9.95. The van der Waals surface area contributed by atoms with Gasteiger partial charge < -0.3 is 11.1 Å². The van der Waals surface area contributed by atoms with E-state index in [1.807, 2.05) is 6.07 Å². The molecule has 3 N–H and O–H groups in total. The highest BCUT2D eigenvalue weighted by molar-refractivity contribution is 5.85. The third-order valence-corrected chi connectivity index (χ3v) is 5.19. The summed E-state index contributed by atoms with van der Waals surface area (Å²) in [6, 6.07) is 17.8. The van der Waals surface area contributed by atoms with E-state index in [9.17, 15) is 0 Å². The Morgan fingerprint density at radius 2 is 1.65 bits per heavy atom. The van der Waals surface area contributed by atoms with Crippen molar-refractivity contribution in [3.8, 4) is 0 Å². The molecule has 0 aromatic heterocycles. The van der Waals surface area contributed by atoms with Gasteiger partial charge in [0.2, 0.25) is 0 Å². The summed E-state index contributed by atoms with van der Waals surface area (Å²) in [5.74, 6) is 0. The maximum Gasteiger partial charge on any atom is 0.0349 e. The Bertz CT molecular complexity index is 631. The van der Waals surface area contributed by atoms with Crippen LogP contribution >= 0.6 is 24.8 Å². The van der Waals surface area contributed by atoms with E-state index < -0.39 is 0 Å². The number of anilines is 1. The molecule has 2 aromatic rings. The third-order valence-electron chi connectivity index (χ3n) is 5.19. The van der Waals surface area contributed by atoms with Crippen molar-refractivity contribution in [2.24, 2.45) is 0 Å². The van der Waals surface area contributed by atoms with E-state index in [1.165, 1.54) is 55.2 Å². The molecule has 0 spiro atoms. The molecule has 0 aliphatic heterocycles. The maximum atomic E-state index is 6.08. The van der Waals surface area contributed by atoms with Crippen LogP contribution in [0.25, 0.3) is 0 Å². The molecule has 0 heterocycles. The quantitative estimate of drug-likeness (QED) is 0.466. The Labute approximate surface area is 170 Å². The first-order valence-corrected chi connectivity index (χ1v) is 9.46. The van der Waals surface area contributed by atoms with Crippen molar-refractivity contribution in [1.29, 1.82) is 0 Å². The molecule has 0 radical (unpaired) electrons. The number of hydrogen-bond donors (Lipinski definition) is 2. The van der Waals surface area contributed by atoms with Crippen LogP contribution in [0.2, 0.25) is 0 Å². The van der Waals surface area contributed by atoms with Gasteiger partial charge in [-0.1, -0.05) is 55.3 Å². The van der Waals surface area contributed by atoms with E-state index in [2.05, 4.69) is 47.8 Å². The van der Waals surface area contributed by atoms with Gasteiger partial charge in [-0.15, -0.1) is 24.8 Å². The number of fused-ring (bicyclic) bond motifs is 1. The topological polar surface area (TPSA) is 38.0 Å². The largest absolute Gasteiger partial charge is 0.398 e. The Morgan fingerprint density at radius 3 is 2.46 bits per heavy atom. The van der Waals surface area contributed by atoms with Crippen molar-refractivity contribution in [3.63, 3.8) is 0 Å². The summed E-state index contributed by atoms with van der Waals surface area (Å²) in [6.45, 7) is 1.15. The molecule has 1 unspecified atom stereocenters. The Kier molecular flexibility index (Phi) is 10.7. The van der Waals surface area contributed by atoms with E-state index in [0.717, 1.165) is 25.1 Å². The standard InChI is InChI=1S/C22H30N2.2ClH/c23-22-13-8-12-19-17-20(14-15-21(19)22)24-16-7-2-1-4-9-18-10-5-3-6-11-18;;/h3,5-6,8,10-13,20,24H,1-2,4,7,9,14-17,23H2;2*1H. The number of halogens is 2. The molecule has 2 aromatic carbocycles.